The first-order chi connectivity index (χ1) is 10.7. The quantitative estimate of drug-likeness (QED) is 0.630. The molecule has 0 saturated heterocycles. The minimum absolute atomic E-state index is 0. The van der Waals surface area contributed by atoms with Gasteiger partial charge in [-0.2, -0.15) is 0 Å². The summed E-state index contributed by atoms with van der Waals surface area (Å²) in [6.45, 7) is 5.71. The van der Waals surface area contributed by atoms with E-state index < -0.39 is 10.0 Å². The number of methoxy groups -OCH3 is 1. The summed E-state index contributed by atoms with van der Waals surface area (Å²) in [6.07, 6.45) is 0.641. The molecule has 0 heterocycles. The number of hydrogen-bond acceptors (Lipinski definition) is 5. The minimum Gasteiger partial charge on any atom is -0.495 e. The van der Waals surface area contributed by atoms with Gasteiger partial charge in [0.05, 0.1) is 7.11 Å². The number of ether oxygens (including phenoxy) is 1. The zero-order chi connectivity index (χ0) is 17.6. The summed E-state index contributed by atoms with van der Waals surface area (Å²) in [5.74, 6) is -0.167. The fourth-order valence-electron chi connectivity index (χ4n) is 1.92. The van der Waals surface area contributed by atoms with Crippen molar-refractivity contribution in [2.45, 2.75) is 44.2 Å². The van der Waals surface area contributed by atoms with Crippen molar-refractivity contribution < 1.29 is 17.9 Å². The number of halogens is 1. The first-order valence-corrected chi connectivity index (χ1v) is 8.90. The summed E-state index contributed by atoms with van der Waals surface area (Å²) in [7, 11) is -2.39. The van der Waals surface area contributed by atoms with Crippen LogP contribution in [0.1, 0.15) is 37.6 Å². The number of benzene rings is 1. The molecule has 0 aliphatic heterocycles. The predicted molar refractivity (Wildman–Crippen MR) is 96.3 cm³/mol. The average molecular weight is 380 g/mol. The summed E-state index contributed by atoms with van der Waals surface area (Å²) in [5.41, 5.74) is 5.88. The molecule has 7 nitrogen and oxygen atoms in total. The molecule has 1 unspecified atom stereocenters. The van der Waals surface area contributed by atoms with E-state index in [9.17, 15) is 13.2 Å². The van der Waals surface area contributed by atoms with Crippen molar-refractivity contribution in [2.75, 3.05) is 13.7 Å². The summed E-state index contributed by atoms with van der Waals surface area (Å²) in [5, 5.41) is 2.71. The lowest BCUT2D eigenvalue weighted by molar-refractivity contribution is 0.0952. The van der Waals surface area contributed by atoms with Gasteiger partial charge in [-0.15, -0.1) is 12.4 Å². The number of carbonyl (C=O) groups is 1. The van der Waals surface area contributed by atoms with Crippen LogP contribution < -0.4 is 20.5 Å². The van der Waals surface area contributed by atoms with E-state index in [0.29, 0.717) is 13.0 Å². The Morgan fingerprint density at radius 2 is 1.92 bits per heavy atom. The molecule has 1 aromatic rings. The van der Waals surface area contributed by atoms with Crippen molar-refractivity contribution in [3.05, 3.63) is 23.8 Å². The van der Waals surface area contributed by atoms with E-state index in [0.717, 1.165) is 0 Å². The molecule has 0 aromatic heterocycles. The van der Waals surface area contributed by atoms with Crippen LogP contribution in [0.5, 0.6) is 5.75 Å². The summed E-state index contributed by atoms with van der Waals surface area (Å²) < 4.78 is 32.3. The molecule has 0 radical (unpaired) electrons. The van der Waals surface area contributed by atoms with Gasteiger partial charge >= 0.3 is 0 Å². The molecule has 0 fully saturated rings. The third-order valence-corrected chi connectivity index (χ3v) is 4.67. The van der Waals surface area contributed by atoms with Gasteiger partial charge in [0.1, 0.15) is 10.6 Å². The molecule has 1 amide bonds. The SMILES string of the molecule is COc1ccc(C(=O)NCCC(C)N)cc1S(=O)(=O)NC(C)C.Cl. The van der Waals surface area contributed by atoms with Gasteiger partial charge in [-0.25, -0.2) is 13.1 Å². The van der Waals surface area contributed by atoms with Gasteiger partial charge in [-0.3, -0.25) is 4.79 Å². The highest BCUT2D eigenvalue weighted by atomic mass is 35.5. The van der Waals surface area contributed by atoms with Gasteiger partial charge in [-0.1, -0.05) is 0 Å². The molecule has 138 valence electrons. The molecule has 0 saturated carbocycles. The maximum atomic E-state index is 12.4. The Bertz CT molecular complexity index is 648. The van der Waals surface area contributed by atoms with Crippen LogP contribution in [0.2, 0.25) is 0 Å². The number of nitrogens with two attached hydrogens (primary N) is 1. The van der Waals surface area contributed by atoms with Crippen molar-refractivity contribution in [3.63, 3.8) is 0 Å². The second-order valence-electron chi connectivity index (χ2n) is 5.66. The van der Waals surface area contributed by atoms with Crippen LogP contribution in [-0.2, 0) is 10.0 Å². The average Bonchev–Trinajstić information content (AvgIpc) is 2.44. The number of hydrogen-bond donors (Lipinski definition) is 3. The maximum absolute atomic E-state index is 12.4. The van der Waals surface area contributed by atoms with Gasteiger partial charge in [0.25, 0.3) is 5.91 Å². The fourth-order valence-corrected chi connectivity index (χ4v) is 3.36. The lowest BCUT2D eigenvalue weighted by Gasteiger charge is -2.14. The fraction of sp³-hybridized carbons (Fsp3) is 0.533. The third kappa shape index (κ3) is 6.64. The highest BCUT2D eigenvalue weighted by Gasteiger charge is 2.22. The first-order valence-electron chi connectivity index (χ1n) is 7.41. The van der Waals surface area contributed by atoms with E-state index in [4.69, 9.17) is 10.5 Å². The second-order valence-corrected chi connectivity index (χ2v) is 7.35. The van der Waals surface area contributed by atoms with Crippen molar-refractivity contribution in [1.82, 2.24) is 10.0 Å². The number of nitrogens with one attached hydrogen (secondary N) is 2. The monoisotopic (exact) mass is 379 g/mol. The van der Waals surface area contributed by atoms with Crippen molar-refractivity contribution in [2.24, 2.45) is 5.73 Å². The number of carbonyl (C=O) groups excluding carboxylic acids is 1. The van der Waals surface area contributed by atoms with Crippen LogP contribution in [0.15, 0.2) is 23.1 Å². The molecule has 1 atom stereocenters. The molecule has 24 heavy (non-hydrogen) atoms. The van der Waals surface area contributed by atoms with Gasteiger partial charge in [0, 0.05) is 24.2 Å². The van der Waals surface area contributed by atoms with Crippen LogP contribution >= 0.6 is 12.4 Å². The van der Waals surface area contributed by atoms with Gasteiger partial charge < -0.3 is 15.8 Å². The van der Waals surface area contributed by atoms with E-state index >= 15 is 0 Å². The summed E-state index contributed by atoms with van der Waals surface area (Å²) >= 11 is 0. The molecule has 1 rings (SSSR count). The third-order valence-electron chi connectivity index (χ3n) is 2.99. The highest BCUT2D eigenvalue weighted by molar-refractivity contribution is 7.89. The van der Waals surface area contributed by atoms with Gasteiger partial charge in [0.15, 0.2) is 0 Å². The predicted octanol–water partition coefficient (Wildman–Crippen LogP) is 1.27. The van der Waals surface area contributed by atoms with Crippen LogP contribution in [0, 0.1) is 0 Å². The van der Waals surface area contributed by atoms with Gasteiger partial charge in [0.2, 0.25) is 10.0 Å². The smallest absolute Gasteiger partial charge is 0.251 e. The number of sulfonamides is 1. The zero-order valence-corrected chi connectivity index (χ0v) is 16.0. The van der Waals surface area contributed by atoms with E-state index in [1.54, 1.807) is 13.8 Å². The minimum atomic E-state index is -3.77. The van der Waals surface area contributed by atoms with E-state index in [2.05, 4.69) is 10.0 Å². The maximum Gasteiger partial charge on any atom is 0.251 e. The Labute approximate surface area is 149 Å². The Kier molecular flexibility index (Phi) is 9.27. The second kappa shape index (κ2) is 9.83. The number of amides is 1. The topological polar surface area (TPSA) is 111 Å². The first kappa shape index (κ1) is 22.6. The van der Waals surface area contributed by atoms with Crippen LogP contribution in [0.25, 0.3) is 0 Å². The van der Waals surface area contributed by atoms with E-state index in [1.165, 1.54) is 25.3 Å². The van der Waals surface area contributed by atoms with E-state index in [-0.39, 0.29) is 46.6 Å². The zero-order valence-electron chi connectivity index (χ0n) is 14.3. The van der Waals surface area contributed by atoms with Crippen LogP contribution in [0.3, 0.4) is 0 Å². The molecular formula is C15H26ClN3O4S. The van der Waals surface area contributed by atoms with Crippen LogP contribution in [0.4, 0.5) is 0 Å². The molecule has 0 spiro atoms. The molecule has 0 aliphatic rings. The Morgan fingerprint density at radius 1 is 1.29 bits per heavy atom. The van der Waals surface area contributed by atoms with Crippen LogP contribution in [-0.4, -0.2) is 40.1 Å². The van der Waals surface area contributed by atoms with Crippen molar-refractivity contribution >= 4 is 28.3 Å². The van der Waals surface area contributed by atoms with Gasteiger partial charge in [-0.05, 0) is 45.4 Å². The van der Waals surface area contributed by atoms with Crippen molar-refractivity contribution in [1.29, 1.82) is 0 Å². The number of rotatable bonds is 8. The summed E-state index contributed by atoms with van der Waals surface area (Å²) in [6, 6.07) is 4.01. The standard InChI is InChI=1S/C15H25N3O4S.ClH/c1-10(2)18-23(20,21)14-9-12(5-6-13(14)22-4)15(19)17-8-7-11(3)16;/h5-6,9-11,18H,7-8,16H2,1-4H3,(H,17,19);1H. The largest absolute Gasteiger partial charge is 0.495 e. The van der Waals surface area contributed by atoms with Crippen molar-refractivity contribution in [3.8, 4) is 5.75 Å². The molecule has 1 aromatic carbocycles. The van der Waals surface area contributed by atoms with E-state index in [1.807, 2.05) is 6.92 Å². The molecule has 9 heteroatoms. The lowest BCUT2D eigenvalue weighted by Crippen LogP contribution is -2.31. The normalized spacial score (nSPS) is 12.4. The Balaban J connectivity index is 0.00000529. The summed E-state index contributed by atoms with van der Waals surface area (Å²) in [4.78, 5) is 12.1. The molecular weight excluding hydrogens is 354 g/mol. The molecule has 4 N–H and O–H groups in total. The molecule has 0 aliphatic carbocycles. The highest BCUT2D eigenvalue weighted by Crippen LogP contribution is 2.25. The Morgan fingerprint density at radius 3 is 2.42 bits per heavy atom. The lowest BCUT2D eigenvalue weighted by atomic mass is 10.2. The Hall–Kier alpha value is -1.35. The molecule has 0 bridgehead atoms.